The van der Waals surface area contributed by atoms with E-state index < -0.39 is 0 Å². The van der Waals surface area contributed by atoms with E-state index in [-0.39, 0.29) is 23.9 Å². The van der Waals surface area contributed by atoms with Crippen LogP contribution < -0.4 is 10.1 Å². The summed E-state index contributed by atoms with van der Waals surface area (Å²) in [6.45, 7) is 1.47. The Morgan fingerprint density at radius 1 is 1.22 bits per heavy atom. The van der Waals surface area contributed by atoms with Crippen molar-refractivity contribution in [3.63, 3.8) is 0 Å². The minimum absolute atomic E-state index is 0.0408. The summed E-state index contributed by atoms with van der Waals surface area (Å²) in [5.41, 5.74) is 2.36. The van der Waals surface area contributed by atoms with Crippen LogP contribution in [0.1, 0.15) is 22.8 Å². The molecule has 0 saturated heterocycles. The smallest absolute Gasteiger partial charge is 0.230 e. The second-order valence-electron chi connectivity index (χ2n) is 5.86. The molecule has 1 N–H and O–H groups in total. The molecular weight excluding hydrogens is 367 g/mol. The van der Waals surface area contributed by atoms with Gasteiger partial charge in [-0.15, -0.1) is 11.3 Å². The number of thiazole rings is 1. The van der Waals surface area contributed by atoms with Crippen molar-refractivity contribution in [2.75, 3.05) is 12.4 Å². The van der Waals surface area contributed by atoms with E-state index in [0.29, 0.717) is 33.3 Å². The predicted molar refractivity (Wildman–Crippen MR) is 103 cm³/mol. The number of rotatable bonds is 6. The van der Waals surface area contributed by atoms with Crippen molar-refractivity contribution in [2.45, 2.75) is 13.3 Å². The minimum atomic E-state index is -0.344. The molecule has 7 heteroatoms. The SMILES string of the molecule is COc1ccc(C(C)=O)cc1CC(=O)Nc1nc(-c2cccc(F)c2)cs1. The number of aromatic nitrogens is 1. The third-order valence-electron chi connectivity index (χ3n) is 3.91. The molecule has 5 nitrogen and oxygen atoms in total. The van der Waals surface area contributed by atoms with Gasteiger partial charge in [-0.1, -0.05) is 12.1 Å². The Bertz CT molecular complexity index is 1000. The van der Waals surface area contributed by atoms with Crippen LogP contribution in [-0.2, 0) is 11.2 Å². The van der Waals surface area contributed by atoms with E-state index in [1.807, 2.05) is 0 Å². The highest BCUT2D eigenvalue weighted by atomic mass is 32.1. The highest BCUT2D eigenvalue weighted by Crippen LogP contribution is 2.26. The summed E-state index contributed by atoms with van der Waals surface area (Å²) in [5, 5.41) is 4.90. The molecule has 1 amide bonds. The van der Waals surface area contributed by atoms with Crippen LogP contribution in [0, 0.1) is 5.82 Å². The first-order chi connectivity index (χ1) is 13.0. The van der Waals surface area contributed by atoms with Gasteiger partial charge in [0.05, 0.1) is 19.2 Å². The van der Waals surface area contributed by atoms with E-state index in [4.69, 9.17) is 4.74 Å². The van der Waals surface area contributed by atoms with Crippen molar-refractivity contribution >= 4 is 28.2 Å². The van der Waals surface area contributed by atoms with E-state index in [2.05, 4.69) is 10.3 Å². The van der Waals surface area contributed by atoms with Gasteiger partial charge < -0.3 is 10.1 Å². The Hall–Kier alpha value is -3.06. The van der Waals surface area contributed by atoms with Gasteiger partial charge in [0.25, 0.3) is 0 Å². The number of Topliss-reactive ketones (excluding diaryl/α,β-unsaturated/α-hetero) is 1. The molecule has 0 radical (unpaired) electrons. The molecule has 0 atom stereocenters. The molecule has 0 unspecified atom stereocenters. The molecule has 2 aromatic carbocycles. The van der Waals surface area contributed by atoms with E-state index in [9.17, 15) is 14.0 Å². The summed E-state index contributed by atoms with van der Waals surface area (Å²) in [7, 11) is 1.51. The predicted octanol–water partition coefficient (Wildman–Crippen LogP) is 4.34. The number of carbonyl (C=O) groups excluding carboxylic acids is 2. The topological polar surface area (TPSA) is 68.3 Å². The number of amides is 1. The molecule has 27 heavy (non-hydrogen) atoms. The van der Waals surface area contributed by atoms with Gasteiger partial charge in [0, 0.05) is 22.1 Å². The number of methoxy groups -OCH3 is 1. The molecular formula is C20H17FN2O3S. The second kappa shape index (κ2) is 8.09. The van der Waals surface area contributed by atoms with Crippen LogP contribution in [0.2, 0.25) is 0 Å². The van der Waals surface area contributed by atoms with Gasteiger partial charge in [0.15, 0.2) is 10.9 Å². The van der Waals surface area contributed by atoms with Crippen molar-refractivity contribution in [3.05, 3.63) is 64.8 Å². The lowest BCUT2D eigenvalue weighted by Gasteiger charge is -2.09. The van der Waals surface area contributed by atoms with E-state index in [1.54, 1.807) is 35.7 Å². The van der Waals surface area contributed by atoms with Crippen LogP contribution in [0.15, 0.2) is 47.8 Å². The highest BCUT2D eigenvalue weighted by molar-refractivity contribution is 7.14. The molecule has 1 aromatic heterocycles. The molecule has 0 spiro atoms. The fourth-order valence-electron chi connectivity index (χ4n) is 2.58. The summed E-state index contributed by atoms with van der Waals surface area (Å²) in [4.78, 5) is 28.3. The number of carbonyl (C=O) groups is 2. The van der Waals surface area contributed by atoms with Gasteiger partial charge in [-0.25, -0.2) is 9.37 Å². The number of hydrogen-bond acceptors (Lipinski definition) is 5. The van der Waals surface area contributed by atoms with Gasteiger partial charge >= 0.3 is 0 Å². The van der Waals surface area contributed by atoms with Crippen LogP contribution in [-0.4, -0.2) is 23.8 Å². The Morgan fingerprint density at radius 2 is 2.04 bits per heavy atom. The standard InChI is InChI=1S/C20H17FN2O3S/c1-12(24)13-6-7-18(26-2)15(8-13)10-19(25)23-20-22-17(11-27-20)14-4-3-5-16(21)9-14/h3-9,11H,10H2,1-2H3,(H,22,23,25). The fourth-order valence-corrected chi connectivity index (χ4v) is 3.32. The number of benzene rings is 2. The largest absolute Gasteiger partial charge is 0.496 e. The molecule has 0 saturated carbocycles. The molecule has 3 rings (SSSR count). The quantitative estimate of drug-likeness (QED) is 0.642. The van der Waals surface area contributed by atoms with Crippen LogP contribution >= 0.6 is 11.3 Å². The second-order valence-corrected chi connectivity index (χ2v) is 6.71. The number of nitrogens with one attached hydrogen (secondary N) is 1. The highest BCUT2D eigenvalue weighted by Gasteiger charge is 2.13. The Labute approximate surface area is 159 Å². The van der Waals surface area contributed by atoms with Crippen LogP contribution in [0.5, 0.6) is 5.75 Å². The molecule has 0 fully saturated rings. The maximum Gasteiger partial charge on any atom is 0.230 e. The zero-order valence-corrected chi connectivity index (χ0v) is 15.6. The van der Waals surface area contributed by atoms with Crippen molar-refractivity contribution < 1.29 is 18.7 Å². The average molecular weight is 384 g/mol. The minimum Gasteiger partial charge on any atom is -0.496 e. The summed E-state index contributed by atoms with van der Waals surface area (Å²) < 4.78 is 18.6. The zero-order chi connectivity index (χ0) is 19.4. The van der Waals surface area contributed by atoms with Gasteiger partial charge in [0.1, 0.15) is 11.6 Å². The molecule has 138 valence electrons. The number of halogens is 1. The zero-order valence-electron chi connectivity index (χ0n) is 14.8. The first-order valence-corrected chi connectivity index (χ1v) is 9.03. The number of nitrogens with zero attached hydrogens (tertiary/aromatic N) is 1. The van der Waals surface area contributed by atoms with Gasteiger partial charge in [-0.3, -0.25) is 9.59 Å². The molecule has 3 aromatic rings. The van der Waals surface area contributed by atoms with Crippen molar-refractivity contribution in [3.8, 4) is 17.0 Å². The lowest BCUT2D eigenvalue weighted by atomic mass is 10.0. The summed E-state index contributed by atoms with van der Waals surface area (Å²) in [6.07, 6.45) is 0.0408. The van der Waals surface area contributed by atoms with Crippen LogP contribution in [0.4, 0.5) is 9.52 Å². The Morgan fingerprint density at radius 3 is 2.74 bits per heavy atom. The first kappa shape index (κ1) is 18.7. The van der Waals surface area contributed by atoms with Crippen molar-refractivity contribution in [1.82, 2.24) is 4.98 Å². The lowest BCUT2D eigenvalue weighted by molar-refractivity contribution is -0.115. The van der Waals surface area contributed by atoms with Gasteiger partial charge in [-0.2, -0.15) is 0 Å². The van der Waals surface area contributed by atoms with E-state index >= 15 is 0 Å². The maximum atomic E-state index is 13.3. The number of ether oxygens (including phenoxy) is 1. The number of ketones is 1. The van der Waals surface area contributed by atoms with Gasteiger partial charge in [0.2, 0.25) is 5.91 Å². The van der Waals surface area contributed by atoms with Crippen LogP contribution in [0.3, 0.4) is 0 Å². The lowest BCUT2D eigenvalue weighted by Crippen LogP contribution is -2.15. The number of hydrogen-bond donors (Lipinski definition) is 1. The summed E-state index contributed by atoms with van der Waals surface area (Å²) in [5.74, 6) is -0.175. The monoisotopic (exact) mass is 384 g/mol. The van der Waals surface area contributed by atoms with E-state index in [0.717, 1.165) is 0 Å². The summed E-state index contributed by atoms with van der Waals surface area (Å²) >= 11 is 1.26. The number of anilines is 1. The van der Waals surface area contributed by atoms with Crippen LogP contribution in [0.25, 0.3) is 11.3 Å². The molecule has 1 heterocycles. The van der Waals surface area contributed by atoms with E-state index in [1.165, 1.54) is 37.5 Å². The summed E-state index contributed by atoms with van der Waals surface area (Å²) in [6, 6.07) is 11.1. The van der Waals surface area contributed by atoms with Crippen molar-refractivity contribution in [1.29, 1.82) is 0 Å². The van der Waals surface area contributed by atoms with Gasteiger partial charge in [-0.05, 0) is 37.3 Å². The third-order valence-corrected chi connectivity index (χ3v) is 4.67. The Balaban J connectivity index is 1.73. The normalized spacial score (nSPS) is 10.5. The van der Waals surface area contributed by atoms with Crippen molar-refractivity contribution in [2.24, 2.45) is 0 Å². The maximum absolute atomic E-state index is 13.3. The fraction of sp³-hybridized carbons (Fsp3) is 0.150. The first-order valence-electron chi connectivity index (χ1n) is 8.15. The molecule has 0 aliphatic carbocycles. The molecule has 0 aliphatic heterocycles. The molecule has 0 bridgehead atoms. The average Bonchev–Trinajstić information content (AvgIpc) is 3.10. The third kappa shape index (κ3) is 4.57. The molecule has 0 aliphatic rings. The Kier molecular flexibility index (Phi) is 5.61.